The van der Waals surface area contributed by atoms with Crippen molar-refractivity contribution in [2.24, 2.45) is 0 Å². The number of hydrogen-bond acceptors (Lipinski definition) is 4. The second kappa shape index (κ2) is 7.67. The lowest BCUT2D eigenvalue weighted by Crippen LogP contribution is -2.06. The maximum absolute atomic E-state index is 10.2. The Morgan fingerprint density at radius 2 is 1.83 bits per heavy atom. The third-order valence-corrected chi connectivity index (χ3v) is 1.72. The first-order valence-corrected chi connectivity index (χ1v) is 4.97. The fourth-order valence-electron chi connectivity index (χ4n) is 0.428. The second-order valence-corrected chi connectivity index (χ2v) is 3.77. The van der Waals surface area contributed by atoms with Gasteiger partial charge < -0.3 is 25.4 Å². The summed E-state index contributed by atoms with van der Waals surface area (Å²) in [5.41, 5.74) is 0. The van der Waals surface area contributed by atoms with E-state index >= 15 is 0 Å². The van der Waals surface area contributed by atoms with Crippen molar-refractivity contribution in [1.82, 2.24) is 6.15 Å². The minimum Gasteiger partial charge on any atom is -0.382 e. The molecule has 0 radical (unpaired) electrons. The Labute approximate surface area is 71.6 Å². The maximum atomic E-state index is 10.2. The van der Waals surface area contributed by atoms with E-state index in [1.165, 1.54) is 7.11 Å². The summed E-state index contributed by atoms with van der Waals surface area (Å²) in [5.74, 6) is 0. The Morgan fingerprint density at radius 3 is 2.25 bits per heavy atom. The predicted octanol–water partition coefficient (Wildman–Crippen LogP) is -0.0109. The zero-order valence-corrected chi connectivity index (χ0v) is 8.00. The summed E-state index contributed by atoms with van der Waals surface area (Å²) < 4.78 is 19.7. The van der Waals surface area contributed by atoms with Gasteiger partial charge in [0.15, 0.2) is 0 Å². The molecular formula is C5H16NO5P. The fraction of sp³-hybridized carbons (Fsp3) is 1.00. The number of rotatable bonds is 6. The quantitative estimate of drug-likeness (QED) is 0.411. The minimum atomic E-state index is -3.88. The van der Waals surface area contributed by atoms with Gasteiger partial charge >= 0.3 is 7.60 Å². The van der Waals surface area contributed by atoms with Crippen molar-refractivity contribution in [3.63, 3.8) is 0 Å². The molecule has 0 bridgehead atoms. The van der Waals surface area contributed by atoms with Crippen molar-refractivity contribution in [1.29, 1.82) is 0 Å². The van der Waals surface area contributed by atoms with Gasteiger partial charge in [0.2, 0.25) is 0 Å². The van der Waals surface area contributed by atoms with E-state index in [1.54, 1.807) is 0 Å². The molecule has 0 aliphatic carbocycles. The van der Waals surface area contributed by atoms with Gasteiger partial charge in [0.25, 0.3) is 0 Å². The molecule has 6 nitrogen and oxygen atoms in total. The lowest BCUT2D eigenvalue weighted by atomic mass is 10.7. The van der Waals surface area contributed by atoms with Gasteiger partial charge in [-0.3, -0.25) is 4.57 Å². The van der Waals surface area contributed by atoms with Crippen molar-refractivity contribution in [2.45, 2.75) is 0 Å². The Kier molecular flexibility index (Phi) is 9.30. The molecule has 0 aromatic carbocycles. The Morgan fingerprint density at radius 1 is 1.25 bits per heavy atom. The smallest absolute Gasteiger partial charge is 0.327 e. The summed E-state index contributed by atoms with van der Waals surface area (Å²) in [6.07, 6.45) is -0.225. The summed E-state index contributed by atoms with van der Waals surface area (Å²) >= 11 is 0. The van der Waals surface area contributed by atoms with E-state index in [9.17, 15) is 4.57 Å². The lowest BCUT2D eigenvalue weighted by molar-refractivity contribution is 0.0771. The van der Waals surface area contributed by atoms with Gasteiger partial charge in [-0.15, -0.1) is 0 Å². The van der Waals surface area contributed by atoms with Crippen molar-refractivity contribution in [3.8, 4) is 0 Å². The van der Waals surface area contributed by atoms with Crippen LogP contribution in [0.15, 0.2) is 0 Å². The van der Waals surface area contributed by atoms with Crippen LogP contribution in [-0.2, 0) is 14.0 Å². The highest BCUT2D eigenvalue weighted by Crippen LogP contribution is 2.33. The van der Waals surface area contributed by atoms with E-state index in [0.717, 1.165) is 0 Å². The number of hydrogen-bond donors (Lipinski definition) is 3. The average molecular weight is 201 g/mol. The molecular weight excluding hydrogens is 185 g/mol. The number of methoxy groups -OCH3 is 1. The van der Waals surface area contributed by atoms with E-state index in [-0.39, 0.29) is 18.9 Å². The van der Waals surface area contributed by atoms with E-state index in [0.29, 0.717) is 13.2 Å². The molecule has 0 rings (SSSR count). The van der Waals surface area contributed by atoms with Crippen molar-refractivity contribution in [2.75, 3.05) is 33.1 Å². The first-order chi connectivity index (χ1) is 5.06. The molecule has 0 amide bonds. The average Bonchev–Trinajstić information content (AvgIpc) is 1.85. The molecule has 0 heterocycles. The fourth-order valence-corrected chi connectivity index (χ4v) is 0.795. The van der Waals surface area contributed by atoms with Crippen LogP contribution in [0, 0.1) is 0 Å². The van der Waals surface area contributed by atoms with Crippen LogP contribution in [0.1, 0.15) is 0 Å². The normalized spacial score (nSPS) is 10.9. The first-order valence-electron chi connectivity index (χ1n) is 3.17. The lowest BCUT2D eigenvalue weighted by Gasteiger charge is -2.04. The summed E-state index contributed by atoms with van der Waals surface area (Å²) in [6, 6.07) is 0. The molecule has 0 spiro atoms. The van der Waals surface area contributed by atoms with Crippen molar-refractivity contribution < 1.29 is 23.8 Å². The largest absolute Gasteiger partial charge is 0.382 e. The third kappa shape index (κ3) is 12.7. The molecule has 76 valence electrons. The molecule has 0 saturated heterocycles. The van der Waals surface area contributed by atoms with Gasteiger partial charge in [-0.25, -0.2) is 0 Å². The Bertz CT molecular complexity index is 136. The predicted molar refractivity (Wildman–Crippen MR) is 44.6 cm³/mol. The van der Waals surface area contributed by atoms with Crippen LogP contribution in [0.3, 0.4) is 0 Å². The third-order valence-electron chi connectivity index (χ3n) is 0.959. The standard InChI is InChI=1S/C5H13O5P.H3N/c1-9-2-3-10-4-5-11(6,7)8;/h2-5H2,1H3,(H2,6,7,8);1H3. The monoisotopic (exact) mass is 201 g/mol. The highest BCUT2D eigenvalue weighted by Gasteiger charge is 2.11. The zero-order chi connectivity index (χ0) is 8.74. The zero-order valence-electron chi connectivity index (χ0n) is 7.10. The highest BCUT2D eigenvalue weighted by atomic mass is 31.2. The van der Waals surface area contributed by atoms with Gasteiger partial charge in [-0.1, -0.05) is 0 Å². The molecule has 5 N–H and O–H groups in total. The van der Waals surface area contributed by atoms with Gasteiger partial charge in [0.1, 0.15) is 0 Å². The molecule has 7 heteroatoms. The molecule has 0 aromatic heterocycles. The van der Waals surface area contributed by atoms with Crippen LogP contribution < -0.4 is 6.15 Å². The summed E-state index contributed by atoms with van der Waals surface area (Å²) in [4.78, 5) is 16.7. The molecule has 0 aromatic rings. The van der Waals surface area contributed by atoms with E-state index in [4.69, 9.17) is 14.5 Å². The molecule has 0 unspecified atom stereocenters. The van der Waals surface area contributed by atoms with Gasteiger partial charge in [-0.05, 0) is 0 Å². The SMILES string of the molecule is COCCOCCP(=O)(O)O.N. The van der Waals surface area contributed by atoms with Crippen LogP contribution >= 0.6 is 7.60 Å². The first kappa shape index (κ1) is 14.5. The molecule has 0 fully saturated rings. The van der Waals surface area contributed by atoms with Crippen molar-refractivity contribution >= 4 is 7.60 Å². The van der Waals surface area contributed by atoms with E-state index in [2.05, 4.69) is 4.74 Å². The highest BCUT2D eigenvalue weighted by molar-refractivity contribution is 7.51. The topological polar surface area (TPSA) is 111 Å². The second-order valence-electron chi connectivity index (χ2n) is 1.99. The molecule has 0 aliphatic heterocycles. The van der Waals surface area contributed by atoms with E-state index in [1.807, 2.05) is 0 Å². The number of ether oxygens (including phenoxy) is 2. The van der Waals surface area contributed by atoms with E-state index < -0.39 is 7.60 Å². The molecule has 12 heavy (non-hydrogen) atoms. The van der Waals surface area contributed by atoms with Gasteiger partial charge in [0, 0.05) is 7.11 Å². The Balaban J connectivity index is 0. The van der Waals surface area contributed by atoms with Gasteiger partial charge in [-0.2, -0.15) is 0 Å². The molecule has 0 saturated carbocycles. The van der Waals surface area contributed by atoms with Crippen LogP contribution in [0.25, 0.3) is 0 Å². The Hall–Kier alpha value is 0.0300. The van der Waals surface area contributed by atoms with Crippen LogP contribution in [0.5, 0.6) is 0 Å². The van der Waals surface area contributed by atoms with Crippen LogP contribution in [-0.4, -0.2) is 42.9 Å². The summed E-state index contributed by atoms with van der Waals surface area (Å²) in [5, 5.41) is 0. The summed E-state index contributed by atoms with van der Waals surface area (Å²) in [6.45, 7) is 0.894. The molecule has 0 atom stereocenters. The molecule has 0 aliphatic rings. The van der Waals surface area contributed by atoms with Crippen LogP contribution in [0.4, 0.5) is 0 Å². The van der Waals surface area contributed by atoms with Crippen molar-refractivity contribution in [3.05, 3.63) is 0 Å². The van der Waals surface area contributed by atoms with Gasteiger partial charge in [0.05, 0.1) is 26.0 Å². The van der Waals surface area contributed by atoms with Crippen LogP contribution in [0.2, 0.25) is 0 Å². The minimum absolute atomic E-state index is 0. The maximum Gasteiger partial charge on any atom is 0.327 e. The summed E-state index contributed by atoms with van der Waals surface area (Å²) in [7, 11) is -2.35.